The standard InChI is InChI=1S/C14H23FN4O2/c1-13(2,3)21-12(20)18-6-4-14(10-16,5-7-18)19-9-11(15)8-17-19/h8-9H,4-7,10,16H2,1-3H3. The Morgan fingerprint density at radius 3 is 2.52 bits per heavy atom. The van der Waals surface area contributed by atoms with Crippen LogP contribution in [0.5, 0.6) is 0 Å². The van der Waals surface area contributed by atoms with Crippen molar-refractivity contribution in [2.24, 2.45) is 5.73 Å². The van der Waals surface area contributed by atoms with Gasteiger partial charge in [0.25, 0.3) is 0 Å². The van der Waals surface area contributed by atoms with Crippen molar-refractivity contribution < 1.29 is 13.9 Å². The lowest BCUT2D eigenvalue weighted by Crippen LogP contribution is -2.52. The summed E-state index contributed by atoms with van der Waals surface area (Å²) in [6, 6.07) is 0. The topological polar surface area (TPSA) is 73.4 Å². The van der Waals surface area contributed by atoms with Crippen molar-refractivity contribution in [1.82, 2.24) is 14.7 Å². The number of halogens is 1. The third kappa shape index (κ3) is 3.53. The molecule has 1 saturated heterocycles. The van der Waals surface area contributed by atoms with Gasteiger partial charge in [0.15, 0.2) is 5.82 Å². The number of hydrogen-bond acceptors (Lipinski definition) is 4. The van der Waals surface area contributed by atoms with Gasteiger partial charge >= 0.3 is 6.09 Å². The minimum Gasteiger partial charge on any atom is -0.444 e. The fourth-order valence-electron chi connectivity index (χ4n) is 2.52. The van der Waals surface area contributed by atoms with E-state index in [1.807, 2.05) is 20.8 Å². The number of carbonyl (C=O) groups is 1. The maximum absolute atomic E-state index is 13.2. The van der Waals surface area contributed by atoms with Gasteiger partial charge < -0.3 is 15.4 Å². The molecule has 0 unspecified atom stereocenters. The largest absolute Gasteiger partial charge is 0.444 e. The molecule has 0 bridgehead atoms. The lowest BCUT2D eigenvalue weighted by Gasteiger charge is -2.41. The van der Waals surface area contributed by atoms with Crippen molar-refractivity contribution in [3.63, 3.8) is 0 Å². The van der Waals surface area contributed by atoms with Crippen molar-refractivity contribution in [2.45, 2.75) is 44.8 Å². The van der Waals surface area contributed by atoms with Crippen molar-refractivity contribution in [2.75, 3.05) is 19.6 Å². The minimum absolute atomic E-state index is 0.320. The zero-order valence-electron chi connectivity index (χ0n) is 12.8. The van der Waals surface area contributed by atoms with Crippen LogP contribution in [-0.2, 0) is 10.3 Å². The van der Waals surface area contributed by atoms with E-state index < -0.39 is 11.1 Å². The van der Waals surface area contributed by atoms with Crippen LogP contribution in [0.4, 0.5) is 9.18 Å². The highest BCUT2D eigenvalue weighted by molar-refractivity contribution is 5.68. The first kappa shape index (κ1) is 15.8. The normalized spacial score (nSPS) is 18.6. The van der Waals surface area contributed by atoms with Crippen molar-refractivity contribution >= 4 is 6.09 Å². The second kappa shape index (κ2) is 5.63. The van der Waals surface area contributed by atoms with Crippen LogP contribution in [0.25, 0.3) is 0 Å². The minimum atomic E-state index is -0.509. The molecule has 2 rings (SSSR count). The summed E-state index contributed by atoms with van der Waals surface area (Å²) < 4.78 is 20.1. The molecule has 0 aliphatic carbocycles. The lowest BCUT2D eigenvalue weighted by atomic mass is 9.88. The van der Waals surface area contributed by atoms with Gasteiger partial charge in [0.2, 0.25) is 0 Å². The van der Waals surface area contributed by atoms with Gasteiger partial charge in [0.1, 0.15) is 5.60 Å². The third-order valence-electron chi connectivity index (χ3n) is 3.76. The Balaban J connectivity index is 2.03. The molecule has 0 spiro atoms. The van der Waals surface area contributed by atoms with Gasteiger partial charge in [0, 0.05) is 19.6 Å². The Morgan fingerprint density at radius 1 is 1.48 bits per heavy atom. The lowest BCUT2D eigenvalue weighted by molar-refractivity contribution is 0.0109. The summed E-state index contributed by atoms with van der Waals surface area (Å²) in [6.45, 7) is 6.92. The quantitative estimate of drug-likeness (QED) is 0.902. The highest BCUT2D eigenvalue weighted by Gasteiger charge is 2.38. The first-order valence-electron chi connectivity index (χ1n) is 7.14. The summed E-state index contributed by atoms with van der Waals surface area (Å²) in [5.41, 5.74) is 4.95. The highest BCUT2D eigenvalue weighted by atomic mass is 19.1. The number of rotatable bonds is 2. The first-order valence-corrected chi connectivity index (χ1v) is 7.14. The maximum Gasteiger partial charge on any atom is 0.410 e. The molecule has 118 valence electrons. The molecule has 1 fully saturated rings. The molecule has 0 aromatic carbocycles. The van der Waals surface area contributed by atoms with Gasteiger partial charge in [-0.05, 0) is 33.6 Å². The van der Waals surface area contributed by atoms with E-state index in [2.05, 4.69) is 5.10 Å². The van der Waals surface area contributed by atoms with Crippen LogP contribution < -0.4 is 5.73 Å². The van der Waals surface area contributed by atoms with Crippen LogP contribution in [0.3, 0.4) is 0 Å². The number of piperidine rings is 1. The Morgan fingerprint density at radius 2 is 2.10 bits per heavy atom. The second-order valence-corrected chi connectivity index (χ2v) is 6.50. The number of likely N-dealkylation sites (tertiary alicyclic amines) is 1. The van der Waals surface area contributed by atoms with Gasteiger partial charge in [-0.15, -0.1) is 0 Å². The molecule has 2 N–H and O–H groups in total. The number of nitrogens with two attached hydrogens (primary N) is 1. The van der Waals surface area contributed by atoms with E-state index >= 15 is 0 Å². The number of aromatic nitrogens is 2. The van der Waals surface area contributed by atoms with Crippen molar-refractivity contribution in [3.05, 3.63) is 18.2 Å². The molecular formula is C14H23FN4O2. The second-order valence-electron chi connectivity index (χ2n) is 6.50. The highest BCUT2D eigenvalue weighted by Crippen LogP contribution is 2.29. The SMILES string of the molecule is CC(C)(C)OC(=O)N1CCC(CN)(n2cc(F)cn2)CC1. The van der Waals surface area contributed by atoms with E-state index in [9.17, 15) is 9.18 Å². The zero-order valence-corrected chi connectivity index (χ0v) is 12.8. The Hall–Kier alpha value is -1.63. The molecule has 1 aromatic heterocycles. The average molecular weight is 298 g/mol. The molecule has 0 radical (unpaired) electrons. The number of hydrogen-bond donors (Lipinski definition) is 1. The summed E-state index contributed by atoms with van der Waals surface area (Å²) in [5, 5.41) is 4.04. The molecule has 1 amide bonds. The predicted molar refractivity (Wildman–Crippen MR) is 76.3 cm³/mol. The predicted octanol–water partition coefficient (Wildman–Crippen LogP) is 1.71. The number of ether oxygens (including phenoxy) is 1. The number of carbonyl (C=O) groups excluding carboxylic acids is 1. The van der Waals surface area contributed by atoms with Crippen LogP contribution >= 0.6 is 0 Å². The van der Waals surface area contributed by atoms with E-state index in [-0.39, 0.29) is 11.9 Å². The number of amides is 1. The Kier molecular flexibility index (Phi) is 4.22. The molecule has 6 nitrogen and oxygen atoms in total. The van der Waals surface area contributed by atoms with Gasteiger partial charge in [-0.2, -0.15) is 5.10 Å². The summed E-state index contributed by atoms with van der Waals surface area (Å²) in [6.07, 6.45) is 3.47. The third-order valence-corrected chi connectivity index (χ3v) is 3.76. The molecule has 2 heterocycles. The van der Waals surface area contributed by atoms with Crippen LogP contribution in [0, 0.1) is 5.82 Å². The van der Waals surface area contributed by atoms with E-state index in [0.29, 0.717) is 32.5 Å². The smallest absolute Gasteiger partial charge is 0.410 e. The van der Waals surface area contributed by atoms with E-state index in [1.54, 1.807) is 9.58 Å². The van der Waals surface area contributed by atoms with Crippen molar-refractivity contribution in [1.29, 1.82) is 0 Å². The summed E-state index contributed by atoms with van der Waals surface area (Å²) in [7, 11) is 0. The van der Waals surface area contributed by atoms with E-state index in [4.69, 9.17) is 10.5 Å². The molecule has 0 saturated carbocycles. The van der Waals surface area contributed by atoms with Gasteiger partial charge in [-0.3, -0.25) is 4.68 Å². The molecule has 0 atom stereocenters. The molecule has 21 heavy (non-hydrogen) atoms. The van der Waals surface area contributed by atoms with Crippen LogP contribution in [0.1, 0.15) is 33.6 Å². The summed E-state index contributed by atoms with van der Waals surface area (Å²) in [4.78, 5) is 13.7. The van der Waals surface area contributed by atoms with E-state index in [1.165, 1.54) is 12.4 Å². The fourth-order valence-corrected chi connectivity index (χ4v) is 2.52. The molecule has 1 aromatic rings. The van der Waals surface area contributed by atoms with Gasteiger partial charge in [0.05, 0.1) is 17.9 Å². The summed E-state index contributed by atoms with van der Waals surface area (Å²) in [5.74, 6) is -0.377. The molecular weight excluding hydrogens is 275 g/mol. The van der Waals surface area contributed by atoms with E-state index in [0.717, 1.165) is 0 Å². The fraction of sp³-hybridized carbons (Fsp3) is 0.714. The first-order chi connectivity index (χ1) is 9.76. The van der Waals surface area contributed by atoms with Crippen LogP contribution in [-0.4, -0.2) is 46.0 Å². The maximum atomic E-state index is 13.2. The van der Waals surface area contributed by atoms with Crippen LogP contribution in [0.2, 0.25) is 0 Å². The molecule has 1 aliphatic rings. The molecule has 7 heteroatoms. The average Bonchev–Trinajstić information content (AvgIpc) is 2.84. The van der Waals surface area contributed by atoms with Gasteiger partial charge in [-0.25, -0.2) is 9.18 Å². The number of nitrogens with zero attached hydrogens (tertiary/aromatic N) is 3. The monoisotopic (exact) mass is 298 g/mol. The van der Waals surface area contributed by atoms with Crippen LogP contribution in [0.15, 0.2) is 12.4 Å². The molecule has 1 aliphatic heterocycles. The summed E-state index contributed by atoms with van der Waals surface area (Å²) >= 11 is 0. The van der Waals surface area contributed by atoms with Crippen molar-refractivity contribution in [3.8, 4) is 0 Å². The Labute approximate surface area is 124 Å². The Bertz CT molecular complexity index is 501. The van der Waals surface area contributed by atoms with Gasteiger partial charge in [-0.1, -0.05) is 0 Å². The zero-order chi connectivity index (χ0) is 15.7.